The molecule has 8 heteroatoms. The third kappa shape index (κ3) is 4.45. The Balaban J connectivity index is 2.33. The number of hydrogen-bond acceptors (Lipinski definition) is 5. The quantitative estimate of drug-likeness (QED) is 0.570. The minimum atomic E-state index is -3.33. The van der Waals surface area contributed by atoms with Crippen LogP contribution in [0.3, 0.4) is 0 Å². The Hall–Kier alpha value is -2.74. The molecule has 7 nitrogen and oxygen atoms in total. The van der Waals surface area contributed by atoms with Crippen LogP contribution in [-0.2, 0) is 21.1 Å². The molecule has 0 aromatic heterocycles. The number of sulfone groups is 1. The van der Waals surface area contributed by atoms with Gasteiger partial charge in [-0.3, -0.25) is 14.9 Å². The standard InChI is InChI=1S/C18H20N2O5S/c1-13(2)19(15-8-10-16(11-9-15)26(3,24)25)18(21)12-14-6-4-5-7-17(14)20(22)23/h4-11,13H,12H2,1-3H3. The predicted octanol–water partition coefficient (Wildman–Crippen LogP) is 2.98. The number of rotatable bonds is 6. The molecule has 0 fully saturated rings. The molecule has 0 heterocycles. The predicted molar refractivity (Wildman–Crippen MR) is 99.0 cm³/mol. The Morgan fingerprint density at radius 1 is 1.12 bits per heavy atom. The van der Waals surface area contributed by atoms with Gasteiger partial charge >= 0.3 is 0 Å². The third-order valence-corrected chi connectivity index (χ3v) is 4.99. The van der Waals surface area contributed by atoms with Crippen molar-refractivity contribution >= 4 is 27.1 Å². The number of anilines is 1. The largest absolute Gasteiger partial charge is 0.310 e. The Morgan fingerprint density at radius 3 is 2.19 bits per heavy atom. The van der Waals surface area contributed by atoms with Crippen LogP contribution < -0.4 is 4.90 Å². The van der Waals surface area contributed by atoms with Gasteiger partial charge in [0.1, 0.15) is 0 Å². The van der Waals surface area contributed by atoms with Gasteiger partial charge in [-0.1, -0.05) is 18.2 Å². The molecule has 2 aromatic rings. The molecule has 0 bridgehead atoms. The van der Waals surface area contributed by atoms with E-state index in [1.165, 1.54) is 23.1 Å². The second-order valence-corrected chi connectivity index (χ2v) is 8.20. The molecular formula is C18H20N2O5S. The molecule has 0 N–H and O–H groups in total. The van der Waals surface area contributed by atoms with Crippen LogP contribution in [0.4, 0.5) is 11.4 Å². The van der Waals surface area contributed by atoms with Gasteiger partial charge in [0.15, 0.2) is 9.84 Å². The van der Waals surface area contributed by atoms with Crippen LogP contribution >= 0.6 is 0 Å². The molecule has 138 valence electrons. The zero-order valence-electron chi connectivity index (χ0n) is 14.7. The zero-order chi connectivity index (χ0) is 19.5. The second-order valence-electron chi connectivity index (χ2n) is 6.19. The topological polar surface area (TPSA) is 97.6 Å². The number of nitrogens with zero attached hydrogens (tertiary/aromatic N) is 2. The molecule has 0 saturated carbocycles. The van der Waals surface area contributed by atoms with E-state index in [4.69, 9.17) is 0 Å². The van der Waals surface area contributed by atoms with E-state index in [0.29, 0.717) is 11.3 Å². The Bertz CT molecular complexity index is 921. The highest BCUT2D eigenvalue weighted by molar-refractivity contribution is 7.90. The van der Waals surface area contributed by atoms with Crippen LogP contribution in [0.5, 0.6) is 0 Å². The third-order valence-electron chi connectivity index (χ3n) is 3.86. The average molecular weight is 376 g/mol. The minimum absolute atomic E-state index is 0.100. The fourth-order valence-corrected chi connectivity index (χ4v) is 3.30. The molecule has 0 aliphatic carbocycles. The van der Waals surface area contributed by atoms with Gasteiger partial charge in [0.2, 0.25) is 5.91 Å². The first kappa shape index (κ1) is 19.6. The Kier molecular flexibility index (Phi) is 5.76. The average Bonchev–Trinajstić information content (AvgIpc) is 2.54. The summed E-state index contributed by atoms with van der Waals surface area (Å²) in [5.74, 6) is -0.304. The van der Waals surface area contributed by atoms with E-state index in [2.05, 4.69) is 0 Å². The molecule has 0 unspecified atom stereocenters. The van der Waals surface area contributed by atoms with Crippen molar-refractivity contribution in [3.8, 4) is 0 Å². The fraction of sp³-hybridized carbons (Fsp3) is 0.278. The molecule has 1 amide bonds. The van der Waals surface area contributed by atoms with Gasteiger partial charge in [-0.15, -0.1) is 0 Å². The van der Waals surface area contributed by atoms with Crippen molar-refractivity contribution < 1.29 is 18.1 Å². The zero-order valence-corrected chi connectivity index (χ0v) is 15.6. The van der Waals surface area contributed by atoms with E-state index in [9.17, 15) is 23.3 Å². The number of amides is 1. The molecular weight excluding hydrogens is 356 g/mol. The molecule has 0 saturated heterocycles. The molecule has 2 aromatic carbocycles. The lowest BCUT2D eigenvalue weighted by Gasteiger charge is -2.27. The fourth-order valence-electron chi connectivity index (χ4n) is 2.67. The maximum absolute atomic E-state index is 12.8. The molecule has 0 aliphatic heterocycles. The molecule has 26 heavy (non-hydrogen) atoms. The van der Waals surface area contributed by atoms with Crippen LogP contribution in [-0.4, -0.2) is 31.5 Å². The number of carbonyl (C=O) groups is 1. The smallest absolute Gasteiger partial charge is 0.273 e. The summed E-state index contributed by atoms with van der Waals surface area (Å²) < 4.78 is 23.2. The van der Waals surface area contributed by atoms with E-state index in [0.717, 1.165) is 6.26 Å². The van der Waals surface area contributed by atoms with Crippen molar-refractivity contribution in [2.75, 3.05) is 11.2 Å². The van der Waals surface area contributed by atoms with Crippen molar-refractivity contribution in [3.63, 3.8) is 0 Å². The first-order valence-electron chi connectivity index (χ1n) is 7.95. The van der Waals surface area contributed by atoms with E-state index >= 15 is 0 Å². The van der Waals surface area contributed by atoms with Gasteiger partial charge in [-0.25, -0.2) is 8.42 Å². The van der Waals surface area contributed by atoms with E-state index in [1.807, 2.05) is 13.8 Å². The van der Waals surface area contributed by atoms with Crippen LogP contribution in [0.25, 0.3) is 0 Å². The second kappa shape index (κ2) is 7.65. The molecule has 0 spiro atoms. The van der Waals surface area contributed by atoms with Crippen molar-refractivity contribution in [1.82, 2.24) is 0 Å². The molecule has 0 radical (unpaired) electrons. The highest BCUT2D eigenvalue weighted by Gasteiger charge is 2.23. The molecule has 0 aliphatic rings. The summed E-state index contributed by atoms with van der Waals surface area (Å²) in [7, 11) is -3.33. The van der Waals surface area contributed by atoms with E-state index < -0.39 is 14.8 Å². The number of nitro groups is 1. The summed E-state index contributed by atoms with van der Waals surface area (Å²) in [4.78, 5) is 25.1. The number of nitro benzene ring substituents is 1. The van der Waals surface area contributed by atoms with Crippen molar-refractivity contribution in [3.05, 3.63) is 64.2 Å². The van der Waals surface area contributed by atoms with Gasteiger partial charge in [0.05, 0.1) is 16.2 Å². The van der Waals surface area contributed by atoms with Crippen LogP contribution in [0, 0.1) is 10.1 Å². The highest BCUT2D eigenvalue weighted by Crippen LogP contribution is 2.24. The van der Waals surface area contributed by atoms with E-state index in [-0.39, 0.29) is 29.0 Å². The van der Waals surface area contributed by atoms with Crippen LogP contribution in [0.2, 0.25) is 0 Å². The maximum Gasteiger partial charge on any atom is 0.273 e. The lowest BCUT2D eigenvalue weighted by atomic mass is 10.1. The number of hydrogen-bond donors (Lipinski definition) is 0. The minimum Gasteiger partial charge on any atom is -0.310 e. The van der Waals surface area contributed by atoms with Crippen LogP contribution in [0.1, 0.15) is 19.4 Å². The highest BCUT2D eigenvalue weighted by atomic mass is 32.2. The van der Waals surface area contributed by atoms with Crippen molar-refractivity contribution in [1.29, 1.82) is 0 Å². The summed E-state index contributed by atoms with van der Waals surface area (Å²) >= 11 is 0. The molecule has 2 rings (SSSR count). The number of para-hydroxylation sites is 1. The summed E-state index contributed by atoms with van der Waals surface area (Å²) in [5, 5.41) is 11.1. The SMILES string of the molecule is CC(C)N(C(=O)Cc1ccccc1[N+](=O)[O-])c1ccc(S(C)(=O)=O)cc1. The van der Waals surface area contributed by atoms with Crippen LogP contribution in [0.15, 0.2) is 53.4 Å². The van der Waals surface area contributed by atoms with Gasteiger partial charge in [0, 0.05) is 29.6 Å². The number of carbonyl (C=O) groups excluding carboxylic acids is 1. The number of benzene rings is 2. The van der Waals surface area contributed by atoms with Gasteiger partial charge in [-0.05, 0) is 38.1 Å². The normalized spacial score (nSPS) is 11.4. The summed E-state index contributed by atoms with van der Waals surface area (Å²) in [6.45, 7) is 3.64. The summed E-state index contributed by atoms with van der Waals surface area (Å²) in [6, 6.07) is 11.9. The van der Waals surface area contributed by atoms with Crippen molar-refractivity contribution in [2.24, 2.45) is 0 Å². The monoisotopic (exact) mass is 376 g/mol. The first-order chi connectivity index (χ1) is 12.1. The lowest BCUT2D eigenvalue weighted by molar-refractivity contribution is -0.385. The molecule has 0 atom stereocenters. The summed E-state index contributed by atoms with van der Waals surface area (Å²) in [5.41, 5.74) is 0.772. The Labute approximate surface area is 152 Å². The maximum atomic E-state index is 12.8. The van der Waals surface area contributed by atoms with Gasteiger partial charge < -0.3 is 4.90 Å². The lowest BCUT2D eigenvalue weighted by Crippen LogP contribution is -2.38. The van der Waals surface area contributed by atoms with Crippen molar-refractivity contribution in [2.45, 2.75) is 31.2 Å². The van der Waals surface area contributed by atoms with E-state index in [1.54, 1.807) is 30.3 Å². The van der Waals surface area contributed by atoms with Gasteiger partial charge in [-0.2, -0.15) is 0 Å². The first-order valence-corrected chi connectivity index (χ1v) is 9.85. The summed E-state index contributed by atoms with van der Waals surface area (Å²) in [6.07, 6.45) is 0.991. The Morgan fingerprint density at radius 2 is 1.69 bits per heavy atom. The van der Waals surface area contributed by atoms with Gasteiger partial charge in [0.25, 0.3) is 5.69 Å².